The molecule has 4 rings (SSSR count). The molecule has 0 saturated heterocycles. The molecule has 0 aliphatic heterocycles. The van der Waals surface area contributed by atoms with Gasteiger partial charge in [-0.05, 0) is 43.6 Å². The topological polar surface area (TPSA) is 84.0 Å². The molecule has 1 fully saturated rings. The number of nitrogens with zero attached hydrogens (tertiary/aromatic N) is 2. The van der Waals surface area contributed by atoms with Gasteiger partial charge in [-0.3, -0.25) is 20.4 Å². The van der Waals surface area contributed by atoms with Crippen molar-refractivity contribution in [2.24, 2.45) is 11.8 Å². The molecule has 2 N–H and O–H groups in total. The molecular formula is C20H26N4O2S2. The van der Waals surface area contributed by atoms with Crippen LogP contribution in [0.3, 0.4) is 0 Å². The Labute approximate surface area is 173 Å². The maximum Gasteiger partial charge on any atom is 0.248 e. The van der Waals surface area contributed by atoms with Crippen molar-refractivity contribution in [1.82, 2.24) is 20.8 Å². The summed E-state index contributed by atoms with van der Waals surface area (Å²) < 4.78 is 0. The third kappa shape index (κ3) is 4.33. The first-order valence-corrected chi connectivity index (χ1v) is 11.9. The summed E-state index contributed by atoms with van der Waals surface area (Å²) in [5.74, 6) is 0.686. The lowest BCUT2D eigenvalue weighted by atomic mass is 9.89. The van der Waals surface area contributed by atoms with E-state index >= 15 is 0 Å². The second kappa shape index (κ2) is 8.78. The Hall–Kier alpha value is -1.67. The molecule has 2 aromatic rings. The molecule has 1 atom stereocenters. The van der Waals surface area contributed by atoms with E-state index in [2.05, 4.69) is 27.7 Å². The largest absolute Gasteiger partial charge is 0.273 e. The van der Waals surface area contributed by atoms with Gasteiger partial charge >= 0.3 is 0 Å². The smallest absolute Gasteiger partial charge is 0.248 e. The van der Waals surface area contributed by atoms with Crippen molar-refractivity contribution in [3.63, 3.8) is 0 Å². The number of hydrogen-bond acceptors (Lipinski definition) is 6. The van der Waals surface area contributed by atoms with Gasteiger partial charge in [0, 0.05) is 16.2 Å². The van der Waals surface area contributed by atoms with Crippen molar-refractivity contribution in [3.8, 4) is 0 Å². The van der Waals surface area contributed by atoms with Crippen LogP contribution in [-0.2, 0) is 22.4 Å². The van der Waals surface area contributed by atoms with E-state index in [1.807, 2.05) is 0 Å². The molecule has 2 heterocycles. The fourth-order valence-electron chi connectivity index (χ4n) is 4.12. The third-order valence-electron chi connectivity index (χ3n) is 5.70. The Morgan fingerprint density at radius 2 is 2.00 bits per heavy atom. The zero-order valence-electron chi connectivity index (χ0n) is 16.1. The predicted octanol–water partition coefficient (Wildman–Crippen LogP) is 3.64. The van der Waals surface area contributed by atoms with Crippen LogP contribution in [0.1, 0.15) is 55.9 Å². The number of rotatable bonds is 4. The van der Waals surface area contributed by atoms with Gasteiger partial charge < -0.3 is 0 Å². The fourth-order valence-corrected chi connectivity index (χ4v) is 6.36. The van der Waals surface area contributed by atoms with Crippen molar-refractivity contribution in [3.05, 3.63) is 16.8 Å². The summed E-state index contributed by atoms with van der Waals surface area (Å²) in [4.78, 5) is 35.7. The highest BCUT2D eigenvalue weighted by Crippen LogP contribution is 2.40. The summed E-state index contributed by atoms with van der Waals surface area (Å²) in [6, 6.07) is 0. The molecule has 0 spiro atoms. The highest BCUT2D eigenvalue weighted by Gasteiger charge is 2.24. The zero-order chi connectivity index (χ0) is 19.5. The quantitative estimate of drug-likeness (QED) is 0.450. The molecule has 2 aliphatic carbocycles. The first-order chi connectivity index (χ1) is 13.6. The highest BCUT2D eigenvalue weighted by atomic mass is 32.2. The summed E-state index contributed by atoms with van der Waals surface area (Å²) in [7, 11) is 0. The number of aromatic nitrogens is 2. The Bertz CT molecular complexity index is 876. The number of thiophene rings is 1. The second-order valence-corrected chi connectivity index (χ2v) is 9.92. The summed E-state index contributed by atoms with van der Waals surface area (Å²) in [5.41, 5.74) is 6.52. The number of thioether (sulfide) groups is 1. The molecule has 0 radical (unpaired) electrons. The monoisotopic (exact) mass is 418 g/mol. The molecule has 2 amide bonds. The number of hydrogen-bond donors (Lipinski definition) is 2. The average molecular weight is 419 g/mol. The normalized spacial score (nSPS) is 20.0. The molecule has 8 heteroatoms. The molecule has 28 heavy (non-hydrogen) atoms. The van der Waals surface area contributed by atoms with E-state index in [1.54, 1.807) is 17.7 Å². The fraction of sp³-hybridized carbons (Fsp3) is 0.600. The Morgan fingerprint density at radius 3 is 2.82 bits per heavy atom. The first kappa shape index (κ1) is 19.6. The van der Waals surface area contributed by atoms with Crippen LogP contribution in [0.2, 0.25) is 0 Å². The van der Waals surface area contributed by atoms with Crippen LogP contribution in [0.5, 0.6) is 0 Å². The van der Waals surface area contributed by atoms with Crippen molar-refractivity contribution < 1.29 is 9.59 Å². The minimum atomic E-state index is -0.210. The Balaban J connectivity index is 1.36. The van der Waals surface area contributed by atoms with Gasteiger partial charge in [0.05, 0.1) is 5.75 Å². The Kier molecular flexibility index (Phi) is 6.16. The lowest BCUT2D eigenvalue weighted by Crippen LogP contribution is -2.45. The molecule has 2 aliphatic rings. The molecule has 0 aromatic carbocycles. The van der Waals surface area contributed by atoms with Crippen molar-refractivity contribution in [1.29, 1.82) is 0 Å². The molecule has 150 valence electrons. The van der Waals surface area contributed by atoms with E-state index in [4.69, 9.17) is 0 Å². The number of aryl methyl sites for hydroxylation is 1. The van der Waals surface area contributed by atoms with Gasteiger partial charge in [0.2, 0.25) is 11.8 Å². The SMILES string of the molecule is C[C@H]1CCc2c(sc3ncnc(SCC(=O)NNC(=O)C4CCCCC4)c23)C1. The van der Waals surface area contributed by atoms with Crippen LogP contribution >= 0.6 is 23.1 Å². The van der Waals surface area contributed by atoms with Gasteiger partial charge in [-0.2, -0.15) is 0 Å². The minimum Gasteiger partial charge on any atom is -0.273 e. The van der Waals surface area contributed by atoms with Crippen LogP contribution < -0.4 is 10.9 Å². The average Bonchev–Trinajstić information content (AvgIpc) is 3.09. The minimum absolute atomic E-state index is 0.0305. The van der Waals surface area contributed by atoms with Crippen LogP contribution in [0.25, 0.3) is 10.2 Å². The Morgan fingerprint density at radius 1 is 1.18 bits per heavy atom. The molecule has 1 saturated carbocycles. The maximum atomic E-state index is 12.2. The number of fused-ring (bicyclic) bond motifs is 3. The maximum absolute atomic E-state index is 12.2. The van der Waals surface area contributed by atoms with Crippen LogP contribution in [0.15, 0.2) is 11.4 Å². The van der Waals surface area contributed by atoms with Gasteiger partial charge in [0.1, 0.15) is 16.2 Å². The molecule has 2 aromatic heterocycles. The van der Waals surface area contributed by atoms with Crippen molar-refractivity contribution in [2.75, 3.05) is 5.75 Å². The molecule has 0 bridgehead atoms. The lowest BCUT2D eigenvalue weighted by molar-refractivity contribution is -0.131. The third-order valence-corrected chi connectivity index (χ3v) is 7.85. The van der Waals surface area contributed by atoms with Gasteiger partial charge in [-0.15, -0.1) is 11.3 Å². The van der Waals surface area contributed by atoms with E-state index < -0.39 is 0 Å². The van der Waals surface area contributed by atoms with Crippen LogP contribution in [-0.4, -0.2) is 27.5 Å². The summed E-state index contributed by atoms with van der Waals surface area (Å²) >= 11 is 3.18. The lowest BCUT2D eigenvalue weighted by Gasteiger charge is -2.20. The second-order valence-electron chi connectivity index (χ2n) is 7.87. The highest BCUT2D eigenvalue weighted by molar-refractivity contribution is 8.00. The van der Waals surface area contributed by atoms with Gasteiger partial charge in [0.15, 0.2) is 0 Å². The number of hydrazine groups is 1. The van der Waals surface area contributed by atoms with Gasteiger partial charge in [-0.25, -0.2) is 9.97 Å². The van der Waals surface area contributed by atoms with E-state index in [1.165, 1.54) is 35.0 Å². The first-order valence-electron chi connectivity index (χ1n) is 10.1. The zero-order valence-corrected chi connectivity index (χ0v) is 17.8. The van der Waals surface area contributed by atoms with E-state index in [9.17, 15) is 9.59 Å². The molecule has 0 unspecified atom stereocenters. The van der Waals surface area contributed by atoms with Crippen LogP contribution in [0, 0.1) is 11.8 Å². The summed E-state index contributed by atoms with van der Waals surface area (Å²) in [5, 5.41) is 1.99. The van der Waals surface area contributed by atoms with E-state index in [0.29, 0.717) is 5.92 Å². The summed E-state index contributed by atoms with van der Waals surface area (Å²) in [6.45, 7) is 2.29. The number of nitrogens with one attached hydrogen (secondary N) is 2. The van der Waals surface area contributed by atoms with Crippen molar-refractivity contribution >= 4 is 45.1 Å². The molecule has 6 nitrogen and oxygen atoms in total. The number of amides is 2. The number of carbonyl (C=O) groups is 2. The number of carbonyl (C=O) groups excluding carboxylic acids is 2. The van der Waals surface area contributed by atoms with E-state index in [-0.39, 0.29) is 23.5 Å². The van der Waals surface area contributed by atoms with Gasteiger partial charge in [0.25, 0.3) is 0 Å². The predicted molar refractivity (Wildman–Crippen MR) is 112 cm³/mol. The van der Waals surface area contributed by atoms with Crippen LogP contribution in [0.4, 0.5) is 0 Å². The van der Waals surface area contributed by atoms with Crippen molar-refractivity contribution in [2.45, 2.75) is 63.3 Å². The summed E-state index contributed by atoms with van der Waals surface area (Å²) in [6.07, 6.45) is 10.1. The van der Waals surface area contributed by atoms with Gasteiger partial charge in [-0.1, -0.05) is 37.9 Å². The van der Waals surface area contributed by atoms with E-state index in [0.717, 1.165) is 53.8 Å². The molecular weight excluding hydrogens is 392 g/mol. The standard InChI is InChI=1S/C20H26N4O2S2/c1-12-7-8-14-15(9-12)28-20-17(14)19(21-11-22-20)27-10-16(25)23-24-18(26)13-5-3-2-4-6-13/h11-13H,2-10H2,1H3,(H,23,25)(H,24,26)/t12-/m0/s1.